The minimum atomic E-state index is 0.0394. The molecule has 1 aliphatic rings. The van der Waals surface area contributed by atoms with Gasteiger partial charge in [-0.2, -0.15) is 0 Å². The summed E-state index contributed by atoms with van der Waals surface area (Å²) in [6, 6.07) is 8.11. The first-order chi connectivity index (χ1) is 18.0. The molecule has 0 aliphatic heterocycles. The fourth-order valence-electron chi connectivity index (χ4n) is 4.09. The van der Waals surface area contributed by atoms with Crippen molar-refractivity contribution in [3.63, 3.8) is 0 Å². The number of hydrogen-bond donors (Lipinski definition) is 4. The second-order valence-corrected chi connectivity index (χ2v) is 8.27. The van der Waals surface area contributed by atoms with Crippen LogP contribution >= 0.6 is 0 Å². The Bertz CT molecular complexity index is 775. The third kappa shape index (κ3) is 16.6. The summed E-state index contributed by atoms with van der Waals surface area (Å²) in [5, 5.41) is 26.0. The van der Waals surface area contributed by atoms with Crippen molar-refractivity contribution in [1.82, 2.24) is 10.6 Å². The van der Waals surface area contributed by atoms with Crippen LogP contribution in [0.3, 0.4) is 0 Å². The molecule has 1 aromatic carbocycles. The fourth-order valence-corrected chi connectivity index (χ4v) is 4.09. The van der Waals surface area contributed by atoms with E-state index in [1.54, 1.807) is 12.1 Å². The van der Waals surface area contributed by atoms with Gasteiger partial charge in [0.2, 0.25) is 5.91 Å². The van der Waals surface area contributed by atoms with E-state index in [4.69, 9.17) is 0 Å². The van der Waals surface area contributed by atoms with Gasteiger partial charge in [-0.15, -0.1) is 0 Å². The quantitative estimate of drug-likeness (QED) is 0.221. The van der Waals surface area contributed by atoms with Crippen LogP contribution in [0.4, 0.5) is 5.69 Å². The van der Waals surface area contributed by atoms with E-state index < -0.39 is 0 Å². The summed E-state index contributed by atoms with van der Waals surface area (Å²) in [5.41, 5.74) is 1.65. The Morgan fingerprint density at radius 3 is 2.24 bits per heavy atom. The third-order valence-electron chi connectivity index (χ3n) is 5.73. The monoisotopic (exact) mass is 517 g/mol. The molecule has 6 heteroatoms. The van der Waals surface area contributed by atoms with Gasteiger partial charge in [-0.3, -0.25) is 4.79 Å². The predicted molar refractivity (Wildman–Crippen MR) is 161 cm³/mol. The highest BCUT2D eigenvalue weighted by Crippen LogP contribution is 2.31. The lowest BCUT2D eigenvalue weighted by Gasteiger charge is -2.35. The number of benzene rings is 1. The molecule has 37 heavy (non-hydrogen) atoms. The molecule has 212 valence electrons. The minimum absolute atomic E-state index is 0.0394. The van der Waals surface area contributed by atoms with Gasteiger partial charge in [0.1, 0.15) is 12.0 Å². The van der Waals surface area contributed by atoms with Crippen molar-refractivity contribution in [1.29, 1.82) is 0 Å². The zero-order valence-electron chi connectivity index (χ0n) is 24.8. The Balaban J connectivity index is 0. The molecule has 2 unspecified atom stereocenters. The number of aliphatic hydroxyl groups is 1. The number of aromatic hydroxyl groups is 1. The summed E-state index contributed by atoms with van der Waals surface area (Å²) in [6.45, 7) is 14.1. The molecule has 0 bridgehead atoms. The second kappa shape index (κ2) is 24.9. The molecule has 1 aromatic rings. The lowest BCUT2D eigenvalue weighted by atomic mass is 9.99. The first-order valence-corrected chi connectivity index (χ1v) is 14.1. The smallest absolute Gasteiger partial charge is 0.216 e. The van der Waals surface area contributed by atoms with Gasteiger partial charge in [0.05, 0.1) is 5.70 Å². The highest BCUT2D eigenvalue weighted by Gasteiger charge is 2.24. The largest absolute Gasteiger partial charge is 0.513 e. The molecule has 2 rings (SSSR count). The van der Waals surface area contributed by atoms with Crippen molar-refractivity contribution >= 4 is 11.6 Å². The van der Waals surface area contributed by atoms with Gasteiger partial charge in [0.15, 0.2) is 0 Å². The molecule has 0 aromatic heterocycles. The molecule has 1 aliphatic carbocycles. The van der Waals surface area contributed by atoms with Crippen molar-refractivity contribution in [2.75, 3.05) is 18.5 Å². The molecule has 1 amide bonds. The van der Waals surface area contributed by atoms with Gasteiger partial charge in [-0.05, 0) is 64.8 Å². The van der Waals surface area contributed by atoms with E-state index in [2.05, 4.69) is 15.5 Å². The summed E-state index contributed by atoms with van der Waals surface area (Å²) < 4.78 is 0. The number of carbonyl (C=O) groups is 1. The fraction of sp³-hybridized carbons (Fsp3) is 0.581. The number of anilines is 1. The van der Waals surface area contributed by atoms with Gasteiger partial charge < -0.3 is 25.7 Å². The lowest BCUT2D eigenvalue weighted by Crippen LogP contribution is -2.36. The number of carbonyl (C=O) groups excluding carboxylic acids is 1. The van der Waals surface area contributed by atoms with Crippen LogP contribution in [-0.2, 0) is 4.79 Å². The maximum atomic E-state index is 10.0. The molecule has 1 fully saturated rings. The topological polar surface area (TPSA) is 84.8 Å². The number of nitrogens with one attached hydrogen (secondary N) is 2. The number of phenols is 1. The van der Waals surface area contributed by atoms with Crippen molar-refractivity contribution in [2.24, 2.45) is 0 Å². The molecule has 4 N–H and O–H groups in total. The van der Waals surface area contributed by atoms with Crippen LogP contribution in [-0.4, -0.2) is 41.8 Å². The molecule has 2 atom stereocenters. The average Bonchev–Trinajstić information content (AvgIpc) is 3.03. The Hall–Kier alpha value is -2.73. The molecule has 0 heterocycles. The van der Waals surface area contributed by atoms with Crippen LogP contribution in [0.15, 0.2) is 60.5 Å². The maximum Gasteiger partial charge on any atom is 0.216 e. The van der Waals surface area contributed by atoms with Crippen molar-refractivity contribution in [3.8, 4) is 5.75 Å². The third-order valence-corrected chi connectivity index (χ3v) is 5.73. The number of nitrogens with zero attached hydrogens (tertiary/aromatic N) is 1. The number of allylic oxidation sites excluding steroid dienone is 4. The van der Waals surface area contributed by atoms with E-state index >= 15 is 0 Å². The number of phenolic OH excluding ortho intramolecular Hbond substituents is 1. The Morgan fingerprint density at radius 2 is 1.73 bits per heavy atom. The average molecular weight is 518 g/mol. The second-order valence-electron chi connectivity index (χ2n) is 8.27. The van der Waals surface area contributed by atoms with E-state index in [-0.39, 0.29) is 17.7 Å². The van der Waals surface area contributed by atoms with Crippen LogP contribution in [0, 0.1) is 0 Å². The molecule has 6 nitrogen and oxygen atoms in total. The number of amides is 1. The lowest BCUT2D eigenvalue weighted by molar-refractivity contribution is -0.118. The molecular weight excluding hydrogens is 462 g/mol. The number of rotatable bonds is 7. The Morgan fingerprint density at radius 1 is 1.05 bits per heavy atom. The Kier molecular flexibility index (Phi) is 24.6. The first-order valence-electron chi connectivity index (χ1n) is 14.1. The van der Waals surface area contributed by atoms with E-state index in [1.165, 1.54) is 38.9 Å². The minimum Gasteiger partial charge on any atom is -0.513 e. The van der Waals surface area contributed by atoms with Crippen LogP contribution in [0.5, 0.6) is 5.75 Å². The van der Waals surface area contributed by atoms with E-state index in [0.717, 1.165) is 37.2 Å². The SMILES string of the molecule is CC.CC.CCNC(C)=O.C\C=C/C=C\C(=C\O)N(c1cccc(O)c1)C1CCCCCC(NC)CC1. The van der Waals surface area contributed by atoms with Gasteiger partial charge in [-0.1, -0.05) is 71.3 Å². The normalized spacial score (nSPS) is 18.0. The molecule has 0 saturated heterocycles. The van der Waals surface area contributed by atoms with Gasteiger partial charge >= 0.3 is 0 Å². The summed E-state index contributed by atoms with van der Waals surface area (Å²) in [4.78, 5) is 12.1. The predicted octanol–water partition coefficient (Wildman–Crippen LogP) is 7.63. The van der Waals surface area contributed by atoms with Crippen LogP contribution in [0.25, 0.3) is 0 Å². The van der Waals surface area contributed by atoms with Gasteiger partial charge in [0.25, 0.3) is 0 Å². The van der Waals surface area contributed by atoms with Gasteiger partial charge in [-0.25, -0.2) is 0 Å². The zero-order valence-corrected chi connectivity index (χ0v) is 24.8. The molecule has 1 saturated carbocycles. The van der Waals surface area contributed by atoms with Crippen molar-refractivity contribution in [3.05, 3.63) is 60.5 Å². The summed E-state index contributed by atoms with van der Waals surface area (Å²) in [6.07, 6.45) is 17.0. The Labute approximate surface area is 227 Å². The van der Waals surface area contributed by atoms with Crippen LogP contribution < -0.4 is 15.5 Å². The maximum absolute atomic E-state index is 10.0. The highest BCUT2D eigenvalue weighted by atomic mass is 16.3. The highest BCUT2D eigenvalue weighted by molar-refractivity contribution is 5.72. The molecule has 0 radical (unpaired) electrons. The zero-order chi connectivity index (χ0) is 28.5. The van der Waals surface area contributed by atoms with Crippen molar-refractivity contribution in [2.45, 2.75) is 105 Å². The molecule has 0 spiro atoms. The van der Waals surface area contributed by atoms with Crippen LogP contribution in [0.2, 0.25) is 0 Å². The van der Waals surface area contributed by atoms with Crippen LogP contribution in [0.1, 0.15) is 93.4 Å². The summed E-state index contributed by atoms with van der Waals surface area (Å²) in [5.74, 6) is 0.279. The number of aliphatic hydroxyl groups excluding tert-OH is 1. The van der Waals surface area contributed by atoms with Gasteiger partial charge in [0, 0.05) is 37.3 Å². The molecular formula is C31H55N3O3. The van der Waals surface area contributed by atoms with E-state index in [9.17, 15) is 15.0 Å². The summed E-state index contributed by atoms with van der Waals surface area (Å²) >= 11 is 0. The van der Waals surface area contributed by atoms with Crippen molar-refractivity contribution < 1.29 is 15.0 Å². The summed E-state index contributed by atoms with van der Waals surface area (Å²) in [7, 11) is 2.05. The van der Waals surface area contributed by atoms with E-state index in [1.807, 2.05) is 85.0 Å². The van der Waals surface area contributed by atoms with E-state index in [0.29, 0.717) is 6.04 Å². The standard InChI is InChI=1S/C23H34N2O2.C4H9NO.2C2H6/c1-3-4-6-12-22(18-26)25(21-13-9-14-23(27)17-21)20-11-8-5-7-10-19(24-2)15-16-20;1-3-5-4(2)6;2*1-2/h3-4,6,9,12-14,17-20,24,26-27H,5,7-8,10-11,15-16H2,1-2H3;3H2,1-2H3,(H,5,6);2*1-2H3/b4-3-,12-6-,22-18-;;;. The first kappa shape index (κ1) is 36.4. The number of hydrogen-bond acceptors (Lipinski definition) is 5.